The second-order valence-corrected chi connectivity index (χ2v) is 8.24. The first-order chi connectivity index (χ1) is 18.0. The minimum Gasteiger partial charge on any atom is -0.497 e. The minimum atomic E-state index is -0.646. The smallest absolute Gasteiger partial charge is 0.251 e. The Morgan fingerprint density at radius 1 is 0.784 bits per heavy atom. The number of para-hydroxylation sites is 3. The summed E-state index contributed by atoms with van der Waals surface area (Å²) in [6.07, 6.45) is 3.15. The number of benzene rings is 4. The van der Waals surface area contributed by atoms with Crippen LogP contribution in [0.1, 0.15) is 17.2 Å². The van der Waals surface area contributed by atoms with Crippen molar-refractivity contribution in [2.75, 3.05) is 28.8 Å². The van der Waals surface area contributed by atoms with Gasteiger partial charge in [-0.1, -0.05) is 54.6 Å². The zero-order chi connectivity index (χ0) is 26.0. The maximum atomic E-state index is 13.3. The molecule has 0 fully saturated rings. The van der Waals surface area contributed by atoms with E-state index in [9.17, 15) is 9.59 Å². The van der Waals surface area contributed by atoms with Gasteiger partial charge in [-0.3, -0.25) is 9.59 Å². The quantitative estimate of drug-likeness (QED) is 0.177. The van der Waals surface area contributed by atoms with Crippen LogP contribution in [0.4, 0.5) is 22.7 Å². The van der Waals surface area contributed by atoms with Crippen LogP contribution in [0.3, 0.4) is 0 Å². The van der Waals surface area contributed by atoms with Crippen LogP contribution in [0.25, 0.3) is 6.08 Å². The number of nitrogen functional groups attached to an aromatic ring is 1. The standard InChI is InChI=1S/C30H28N4O3/c1-37-25-18-16-24(17-19-25)33-30(36)29(32-23-7-3-2-4-8-23)22-14-11-21(12-15-22)13-20-28(35)34-27-10-6-5-9-26(27)31/h2-20,29,32H,31H2,1H3,(H,33,36)(H,34,35). The molecule has 7 nitrogen and oxygen atoms in total. The fourth-order valence-corrected chi connectivity index (χ4v) is 3.65. The predicted octanol–water partition coefficient (Wildman–Crippen LogP) is 5.72. The van der Waals surface area contributed by atoms with Gasteiger partial charge in [-0.05, 0) is 65.7 Å². The molecule has 0 aromatic heterocycles. The molecule has 0 saturated carbocycles. The van der Waals surface area contributed by atoms with E-state index in [4.69, 9.17) is 10.5 Å². The summed E-state index contributed by atoms with van der Waals surface area (Å²) >= 11 is 0. The molecule has 4 rings (SSSR count). The molecule has 4 aromatic carbocycles. The van der Waals surface area contributed by atoms with E-state index in [1.54, 1.807) is 61.7 Å². The maximum Gasteiger partial charge on any atom is 0.251 e. The topological polar surface area (TPSA) is 105 Å². The fourth-order valence-electron chi connectivity index (χ4n) is 3.65. The highest BCUT2D eigenvalue weighted by molar-refractivity contribution is 6.03. The molecule has 2 amide bonds. The molecule has 0 saturated heterocycles. The van der Waals surface area contributed by atoms with Gasteiger partial charge in [-0.15, -0.1) is 0 Å². The average molecular weight is 493 g/mol. The van der Waals surface area contributed by atoms with Crippen LogP contribution in [0.15, 0.2) is 109 Å². The Labute approximate surface area is 216 Å². The molecular weight excluding hydrogens is 464 g/mol. The summed E-state index contributed by atoms with van der Waals surface area (Å²) in [5, 5.41) is 9.03. The van der Waals surface area contributed by atoms with Crippen LogP contribution in [0, 0.1) is 0 Å². The third-order valence-corrected chi connectivity index (χ3v) is 5.62. The van der Waals surface area contributed by atoms with E-state index in [-0.39, 0.29) is 11.8 Å². The van der Waals surface area contributed by atoms with Gasteiger partial charge in [0.2, 0.25) is 5.91 Å². The van der Waals surface area contributed by atoms with Gasteiger partial charge in [0.25, 0.3) is 5.91 Å². The Morgan fingerprint density at radius 3 is 2.14 bits per heavy atom. The largest absolute Gasteiger partial charge is 0.497 e. The van der Waals surface area contributed by atoms with Crippen molar-refractivity contribution < 1.29 is 14.3 Å². The lowest BCUT2D eigenvalue weighted by molar-refractivity contribution is -0.117. The normalized spacial score (nSPS) is 11.5. The molecule has 0 aliphatic rings. The number of hydrogen-bond donors (Lipinski definition) is 4. The van der Waals surface area contributed by atoms with Crippen molar-refractivity contribution in [1.29, 1.82) is 0 Å². The summed E-state index contributed by atoms with van der Waals surface area (Å²) in [7, 11) is 1.60. The van der Waals surface area contributed by atoms with Gasteiger partial charge >= 0.3 is 0 Å². The first-order valence-corrected chi connectivity index (χ1v) is 11.7. The molecule has 0 radical (unpaired) electrons. The van der Waals surface area contributed by atoms with Gasteiger partial charge in [0.15, 0.2) is 0 Å². The van der Waals surface area contributed by atoms with Crippen molar-refractivity contribution in [2.24, 2.45) is 0 Å². The Kier molecular flexibility index (Phi) is 8.18. The van der Waals surface area contributed by atoms with Gasteiger partial charge in [0.1, 0.15) is 11.8 Å². The van der Waals surface area contributed by atoms with Gasteiger partial charge in [0.05, 0.1) is 18.5 Å². The number of ether oxygens (including phenoxy) is 1. The zero-order valence-corrected chi connectivity index (χ0v) is 20.3. The Balaban J connectivity index is 1.48. The first-order valence-electron chi connectivity index (χ1n) is 11.7. The number of methoxy groups -OCH3 is 1. The third-order valence-electron chi connectivity index (χ3n) is 5.62. The molecule has 37 heavy (non-hydrogen) atoms. The number of carbonyl (C=O) groups is 2. The van der Waals surface area contributed by atoms with Crippen molar-refractivity contribution in [3.05, 3.63) is 120 Å². The van der Waals surface area contributed by atoms with Crippen molar-refractivity contribution >= 4 is 40.6 Å². The predicted molar refractivity (Wildman–Crippen MR) is 149 cm³/mol. The Hall–Kier alpha value is -5.04. The second-order valence-electron chi connectivity index (χ2n) is 8.24. The van der Waals surface area contributed by atoms with Crippen molar-refractivity contribution in [2.45, 2.75) is 6.04 Å². The molecule has 7 heteroatoms. The Bertz CT molecular complexity index is 1370. The van der Waals surface area contributed by atoms with E-state index < -0.39 is 6.04 Å². The van der Waals surface area contributed by atoms with E-state index in [0.29, 0.717) is 22.8 Å². The summed E-state index contributed by atoms with van der Waals surface area (Å²) in [6.45, 7) is 0. The fraction of sp³-hybridized carbons (Fsp3) is 0.0667. The minimum absolute atomic E-state index is 0.211. The average Bonchev–Trinajstić information content (AvgIpc) is 2.93. The van der Waals surface area contributed by atoms with Crippen LogP contribution in [0.2, 0.25) is 0 Å². The molecule has 5 N–H and O–H groups in total. The lowest BCUT2D eigenvalue weighted by Crippen LogP contribution is -2.27. The summed E-state index contributed by atoms with van der Waals surface area (Å²) in [5.41, 5.74) is 10.0. The molecule has 0 spiro atoms. The van der Waals surface area contributed by atoms with Gasteiger partial charge in [-0.2, -0.15) is 0 Å². The van der Waals surface area contributed by atoms with Gasteiger partial charge < -0.3 is 26.4 Å². The van der Waals surface area contributed by atoms with Gasteiger partial charge in [0, 0.05) is 17.5 Å². The van der Waals surface area contributed by atoms with E-state index in [0.717, 1.165) is 16.8 Å². The lowest BCUT2D eigenvalue weighted by atomic mass is 10.0. The lowest BCUT2D eigenvalue weighted by Gasteiger charge is -2.20. The highest BCUT2D eigenvalue weighted by Gasteiger charge is 2.21. The van der Waals surface area contributed by atoms with Crippen LogP contribution in [0.5, 0.6) is 5.75 Å². The molecule has 1 atom stereocenters. The number of nitrogens with two attached hydrogens (primary N) is 1. The van der Waals surface area contributed by atoms with Crippen molar-refractivity contribution in [3.63, 3.8) is 0 Å². The number of hydrogen-bond acceptors (Lipinski definition) is 5. The zero-order valence-electron chi connectivity index (χ0n) is 20.3. The molecule has 0 bridgehead atoms. The molecule has 186 valence electrons. The van der Waals surface area contributed by atoms with Crippen LogP contribution in [-0.2, 0) is 9.59 Å². The number of anilines is 4. The molecule has 1 unspecified atom stereocenters. The SMILES string of the molecule is COc1ccc(NC(=O)C(Nc2ccccc2)c2ccc(C=CC(=O)Nc3ccccc3N)cc2)cc1. The van der Waals surface area contributed by atoms with Crippen LogP contribution >= 0.6 is 0 Å². The maximum absolute atomic E-state index is 13.3. The highest BCUT2D eigenvalue weighted by Crippen LogP contribution is 2.24. The molecular formula is C30H28N4O3. The molecule has 4 aromatic rings. The van der Waals surface area contributed by atoms with E-state index in [1.165, 1.54) is 6.08 Å². The molecule has 0 aliphatic carbocycles. The molecule has 0 heterocycles. The molecule has 0 aliphatic heterocycles. The van der Waals surface area contributed by atoms with E-state index >= 15 is 0 Å². The van der Waals surface area contributed by atoms with Crippen molar-refractivity contribution in [1.82, 2.24) is 0 Å². The van der Waals surface area contributed by atoms with Gasteiger partial charge in [-0.25, -0.2) is 0 Å². The number of amides is 2. The number of rotatable bonds is 9. The number of nitrogens with one attached hydrogen (secondary N) is 3. The summed E-state index contributed by atoms with van der Waals surface area (Å²) in [5.74, 6) is 0.211. The van der Waals surface area contributed by atoms with E-state index in [1.807, 2.05) is 54.6 Å². The van der Waals surface area contributed by atoms with Crippen LogP contribution in [-0.4, -0.2) is 18.9 Å². The summed E-state index contributed by atoms with van der Waals surface area (Å²) in [4.78, 5) is 25.6. The van der Waals surface area contributed by atoms with E-state index in [2.05, 4.69) is 16.0 Å². The highest BCUT2D eigenvalue weighted by atomic mass is 16.5. The first kappa shape index (κ1) is 25.1. The van der Waals surface area contributed by atoms with Crippen molar-refractivity contribution in [3.8, 4) is 5.75 Å². The second kappa shape index (κ2) is 12.1. The summed E-state index contributed by atoms with van der Waals surface area (Å²) < 4.78 is 5.19. The number of carbonyl (C=O) groups excluding carboxylic acids is 2. The summed E-state index contributed by atoms with van der Waals surface area (Å²) in [6, 6.07) is 30.6. The monoisotopic (exact) mass is 492 g/mol. The Morgan fingerprint density at radius 2 is 1.46 bits per heavy atom. The van der Waals surface area contributed by atoms with Crippen LogP contribution < -0.4 is 26.4 Å². The third kappa shape index (κ3) is 6.99.